The van der Waals surface area contributed by atoms with Gasteiger partial charge in [0.25, 0.3) is 0 Å². The quantitative estimate of drug-likeness (QED) is 0.384. The minimum Gasteiger partial charge on any atom is -0.342 e. The summed E-state index contributed by atoms with van der Waals surface area (Å²) >= 11 is 3.42. The van der Waals surface area contributed by atoms with Crippen molar-refractivity contribution >= 4 is 51.2 Å². The normalized spacial score (nSPS) is 20.5. The van der Waals surface area contributed by atoms with Gasteiger partial charge in [-0.2, -0.15) is 0 Å². The molecular weight excluding hydrogens is 650 g/mol. The first kappa shape index (κ1) is 32.3. The van der Waals surface area contributed by atoms with Crippen LogP contribution >= 0.6 is 15.9 Å². The van der Waals surface area contributed by atoms with Crippen molar-refractivity contribution in [3.8, 4) is 0 Å². The summed E-state index contributed by atoms with van der Waals surface area (Å²) in [5, 5.41) is 8.61. The molecule has 3 N–H and O–H groups in total. The van der Waals surface area contributed by atoms with E-state index in [1.54, 1.807) is 17.0 Å². The number of nitrogens with one attached hydrogen (secondary N) is 3. The lowest BCUT2D eigenvalue weighted by Crippen LogP contribution is -2.56. The maximum atomic E-state index is 13.9. The molecule has 6 amide bonds. The molecule has 46 heavy (non-hydrogen) atoms. The fourth-order valence-corrected chi connectivity index (χ4v) is 7.69. The summed E-state index contributed by atoms with van der Waals surface area (Å²) in [5.41, 5.74) is 2.51. The summed E-state index contributed by atoms with van der Waals surface area (Å²) in [6, 6.07) is 13.9. The van der Waals surface area contributed by atoms with Crippen molar-refractivity contribution < 1.29 is 19.2 Å². The van der Waals surface area contributed by atoms with Crippen molar-refractivity contribution in [2.24, 2.45) is 0 Å². The first-order valence-corrected chi connectivity index (χ1v) is 17.4. The van der Waals surface area contributed by atoms with Gasteiger partial charge in [0.15, 0.2) is 0 Å². The molecule has 0 radical (unpaired) electrons. The van der Waals surface area contributed by atoms with Crippen LogP contribution < -0.4 is 16.0 Å². The standard InChI is InChI=1S/C34H44BrN7O4/c35-25-8-6-9-26(21-25)36-33(45)37-30(32(44)41-19-11-27(12-20-41)39-15-4-1-5-16-39)22-31(43)40-17-13-28(14-18-40)42-23-24-7-2-3-10-29(24)38-34(42)46/h2-3,6-10,21,27-28,30H,1,4-5,11-20,22-23H2,(H,38,46)(H2,36,37,45)/t30-/m0/s1. The third-order valence-electron chi connectivity index (χ3n) is 9.87. The molecule has 1 atom stereocenters. The minimum absolute atomic E-state index is 0.0186. The van der Waals surface area contributed by atoms with Crippen molar-refractivity contribution in [2.45, 2.75) is 76.0 Å². The number of nitrogens with zero attached hydrogens (tertiary/aromatic N) is 4. The molecule has 0 aliphatic carbocycles. The van der Waals surface area contributed by atoms with Crippen molar-refractivity contribution in [3.63, 3.8) is 0 Å². The summed E-state index contributed by atoms with van der Waals surface area (Å²) in [7, 11) is 0. The Bertz CT molecular complexity index is 1420. The molecule has 4 aliphatic rings. The molecule has 0 aromatic heterocycles. The van der Waals surface area contributed by atoms with Crippen LogP contribution in [0.1, 0.15) is 56.9 Å². The van der Waals surface area contributed by atoms with Crippen molar-refractivity contribution in [1.82, 2.24) is 24.9 Å². The van der Waals surface area contributed by atoms with E-state index in [1.807, 2.05) is 46.2 Å². The van der Waals surface area contributed by atoms with Crippen LogP contribution in [0.4, 0.5) is 21.0 Å². The zero-order valence-corrected chi connectivity index (χ0v) is 27.8. The van der Waals surface area contributed by atoms with E-state index in [1.165, 1.54) is 19.3 Å². The van der Waals surface area contributed by atoms with Gasteiger partial charge < -0.3 is 35.6 Å². The number of carbonyl (C=O) groups excluding carboxylic acids is 4. The highest BCUT2D eigenvalue weighted by atomic mass is 79.9. The molecule has 2 aromatic rings. The second-order valence-corrected chi connectivity index (χ2v) is 13.8. The van der Waals surface area contributed by atoms with Gasteiger partial charge in [0.05, 0.1) is 6.42 Å². The largest absolute Gasteiger partial charge is 0.342 e. The van der Waals surface area contributed by atoms with Crippen molar-refractivity contribution in [1.29, 1.82) is 0 Å². The number of piperidine rings is 3. The monoisotopic (exact) mass is 693 g/mol. The van der Waals surface area contributed by atoms with Gasteiger partial charge in [-0.1, -0.05) is 46.6 Å². The number of benzene rings is 2. The second kappa shape index (κ2) is 14.8. The Morgan fingerprint density at radius 1 is 0.848 bits per heavy atom. The smallest absolute Gasteiger partial charge is 0.322 e. The zero-order chi connectivity index (χ0) is 32.0. The molecule has 0 saturated carbocycles. The van der Waals surface area contributed by atoms with Crippen LogP contribution in [0.5, 0.6) is 0 Å². The lowest BCUT2D eigenvalue weighted by Gasteiger charge is -2.41. The number of anilines is 2. The summed E-state index contributed by atoms with van der Waals surface area (Å²) in [6.07, 6.45) is 6.75. The summed E-state index contributed by atoms with van der Waals surface area (Å²) < 4.78 is 0.819. The fourth-order valence-electron chi connectivity index (χ4n) is 7.30. The lowest BCUT2D eigenvalue weighted by atomic mass is 9.98. The molecule has 12 heteroatoms. The van der Waals surface area contributed by atoms with Crippen LogP contribution in [0.2, 0.25) is 0 Å². The van der Waals surface area contributed by atoms with Gasteiger partial charge in [-0.05, 0) is 81.4 Å². The van der Waals surface area contributed by atoms with Crippen molar-refractivity contribution in [3.05, 3.63) is 58.6 Å². The van der Waals surface area contributed by atoms with Gasteiger partial charge in [-0.3, -0.25) is 9.59 Å². The van der Waals surface area contributed by atoms with Crippen LogP contribution in [0.3, 0.4) is 0 Å². The number of fused-ring (bicyclic) bond motifs is 1. The number of hydrogen-bond acceptors (Lipinski definition) is 5. The molecule has 4 heterocycles. The predicted molar refractivity (Wildman–Crippen MR) is 180 cm³/mol. The molecule has 3 fully saturated rings. The maximum absolute atomic E-state index is 13.9. The Kier molecular flexibility index (Phi) is 10.4. The van der Waals surface area contributed by atoms with E-state index >= 15 is 0 Å². The minimum atomic E-state index is -0.978. The highest BCUT2D eigenvalue weighted by Gasteiger charge is 2.36. The van der Waals surface area contributed by atoms with E-state index in [2.05, 4.69) is 36.8 Å². The number of hydrogen-bond donors (Lipinski definition) is 3. The highest BCUT2D eigenvalue weighted by molar-refractivity contribution is 9.10. The summed E-state index contributed by atoms with van der Waals surface area (Å²) in [6.45, 7) is 5.00. The third kappa shape index (κ3) is 7.83. The number of amides is 6. The number of halogens is 1. The van der Waals surface area contributed by atoms with Gasteiger partial charge in [0, 0.05) is 60.7 Å². The molecule has 6 rings (SSSR count). The number of urea groups is 2. The number of carbonyl (C=O) groups is 4. The second-order valence-electron chi connectivity index (χ2n) is 12.8. The Balaban J connectivity index is 1.07. The number of likely N-dealkylation sites (tertiary alicyclic amines) is 3. The van der Waals surface area contributed by atoms with E-state index in [0.29, 0.717) is 57.3 Å². The third-order valence-corrected chi connectivity index (χ3v) is 10.4. The first-order chi connectivity index (χ1) is 22.3. The Labute approximate surface area is 279 Å². The Morgan fingerprint density at radius 3 is 2.28 bits per heavy atom. The number of para-hydroxylation sites is 1. The van der Waals surface area contributed by atoms with Crippen LogP contribution in [0, 0.1) is 0 Å². The number of rotatable bonds is 7. The van der Waals surface area contributed by atoms with Crippen LogP contribution in [-0.4, -0.2) is 101 Å². The zero-order valence-electron chi connectivity index (χ0n) is 26.3. The van der Waals surface area contributed by atoms with E-state index in [0.717, 1.165) is 41.7 Å². The lowest BCUT2D eigenvalue weighted by molar-refractivity contribution is -0.140. The van der Waals surface area contributed by atoms with Gasteiger partial charge in [-0.25, -0.2) is 9.59 Å². The summed E-state index contributed by atoms with van der Waals surface area (Å²) in [5.74, 6) is -0.385. The van der Waals surface area contributed by atoms with E-state index < -0.39 is 12.1 Å². The average molecular weight is 695 g/mol. The predicted octanol–water partition coefficient (Wildman–Crippen LogP) is 4.84. The molecule has 2 aromatic carbocycles. The maximum Gasteiger partial charge on any atom is 0.322 e. The molecule has 0 spiro atoms. The van der Waals surface area contributed by atoms with Crippen LogP contribution in [0.25, 0.3) is 0 Å². The van der Waals surface area contributed by atoms with Crippen LogP contribution in [-0.2, 0) is 16.1 Å². The fraction of sp³-hybridized carbons (Fsp3) is 0.529. The average Bonchev–Trinajstić information content (AvgIpc) is 3.08. The highest BCUT2D eigenvalue weighted by Crippen LogP contribution is 2.28. The molecular formula is C34H44BrN7O4. The SMILES string of the molecule is O=C(Nc1cccc(Br)c1)N[C@@H](CC(=O)N1CCC(N2Cc3ccccc3NC2=O)CC1)C(=O)N1CCC(N2CCCCC2)CC1. The van der Waals surface area contributed by atoms with Gasteiger partial charge in [-0.15, -0.1) is 0 Å². The molecule has 0 unspecified atom stereocenters. The molecule has 4 aliphatic heterocycles. The van der Waals surface area contributed by atoms with E-state index in [4.69, 9.17) is 0 Å². The van der Waals surface area contributed by atoms with E-state index in [9.17, 15) is 19.2 Å². The Morgan fingerprint density at radius 2 is 1.54 bits per heavy atom. The first-order valence-electron chi connectivity index (χ1n) is 16.6. The molecule has 11 nitrogen and oxygen atoms in total. The molecule has 0 bridgehead atoms. The topological polar surface area (TPSA) is 117 Å². The summed E-state index contributed by atoms with van der Waals surface area (Å²) in [4.78, 5) is 61.4. The Hall–Kier alpha value is -3.64. The molecule has 246 valence electrons. The molecule has 3 saturated heterocycles. The van der Waals surface area contributed by atoms with Gasteiger partial charge in [0.2, 0.25) is 11.8 Å². The van der Waals surface area contributed by atoms with Gasteiger partial charge in [0.1, 0.15) is 6.04 Å². The van der Waals surface area contributed by atoms with Crippen molar-refractivity contribution in [2.75, 3.05) is 49.9 Å². The van der Waals surface area contributed by atoms with Crippen LogP contribution in [0.15, 0.2) is 53.0 Å². The van der Waals surface area contributed by atoms with E-state index in [-0.39, 0.29) is 30.3 Å². The van der Waals surface area contributed by atoms with Gasteiger partial charge >= 0.3 is 12.1 Å².